The van der Waals surface area contributed by atoms with Gasteiger partial charge in [-0.1, -0.05) is 21.1 Å². The first-order chi connectivity index (χ1) is 8.83. The number of aromatic nitrogens is 4. The molecule has 0 unspecified atom stereocenters. The number of tetrazole rings is 1. The lowest BCUT2D eigenvalue weighted by molar-refractivity contribution is 0.174. The first-order valence-electron chi connectivity index (χ1n) is 5.34. The molecule has 2 aromatic rings. The zero-order chi connectivity index (χ0) is 12.4. The average Bonchev–Trinajstić information content (AvgIpc) is 3.00. The van der Waals surface area contributed by atoms with Crippen LogP contribution in [0.5, 0.6) is 11.5 Å². The van der Waals surface area contributed by atoms with E-state index < -0.39 is 0 Å². The molecule has 0 spiro atoms. The van der Waals surface area contributed by atoms with Crippen molar-refractivity contribution in [1.82, 2.24) is 25.9 Å². The van der Waals surface area contributed by atoms with Gasteiger partial charge in [0, 0.05) is 11.0 Å². The summed E-state index contributed by atoms with van der Waals surface area (Å²) in [6, 6.07) is 3.86. The van der Waals surface area contributed by atoms with E-state index in [1.165, 1.54) is 0 Å². The van der Waals surface area contributed by atoms with Crippen LogP contribution in [0.15, 0.2) is 16.6 Å². The number of hydrogen-bond donors (Lipinski definition) is 2. The predicted molar refractivity (Wildman–Crippen MR) is 65.0 cm³/mol. The molecule has 8 heteroatoms. The zero-order valence-corrected chi connectivity index (χ0v) is 10.9. The van der Waals surface area contributed by atoms with Gasteiger partial charge in [0.15, 0.2) is 17.3 Å². The van der Waals surface area contributed by atoms with E-state index in [2.05, 4.69) is 41.9 Å². The number of benzene rings is 1. The highest BCUT2D eigenvalue weighted by Crippen LogP contribution is 2.36. The maximum Gasteiger partial charge on any atom is 0.231 e. The molecule has 0 saturated carbocycles. The highest BCUT2D eigenvalue weighted by atomic mass is 79.9. The summed E-state index contributed by atoms with van der Waals surface area (Å²) in [6.07, 6.45) is 0. The summed E-state index contributed by atoms with van der Waals surface area (Å²) in [5.41, 5.74) is 1.09. The van der Waals surface area contributed by atoms with Crippen molar-refractivity contribution in [3.8, 4) is 11.5 Å². The molecule has 0 radical (unpaired) electrons. The fourth-order valence-electron chi connectivity index (χ4n) is 1.66. The van der Waals surface area contributed by atoms with Gasteiger partial charge in [-0.05, 0) is 17.7 Å². The molecule has 1 aliphatic rings. The molecule has 1 aliphatic heterocycles. The standard InChI is InChI=1S/C10H10BrN5O2/c11-7-2-9-8(17-5-18-9)1-6(7)3-12-4-10-13-15-16-14-10/h1-2,12H,3-5H2,(H,13,14,15,16). The second kappa shape index (κ2) is 4.91. The van der Waals surface area contributed by atoms with Crippen LogP contribution < -0.4 is 14.8 Å². The van der Waals surface area contributed by atoms with E-state index in [0.29, 0.717) is 18.9 Å². The van der Waals surface area contributed by atoms with E-state index in [-0.39, 0.29) is 6.79 Å². The van der Waals surface area contributed by atoms with Crippen LogP contribution in [-0.2, 0) is 13.1 Å². The normalized spacial score (nSPS) is 12.9. The molecule has 3 rings (SSSR count). The molecule has 94 valence electrons. The molecule has 0 saturated heterocycles. The zero-order valence-electron chi connectivity index (χ0n) is 9.31. The summed E-state index contributed by atoms with van der Waals surface area (Å²) in [6.45, 7) is 1.50. The van der Waals surface area contributed by atoms with E-state index in [4.69, 9.17) is 9.47 Å². The van der Waals surface area contributed by atoms with Gasteiger partial charge in [-0.3, -0.25) is 0 Å². The Bertz CT molecular complexity index is 545. The molecule has 2 heterocycles. The summed E-state index contributed by atoms with van der Waals surface area (Å²) in [4.78, 5) is 0. The van der Waals surface area contributed by atoms with Gasteiger partial charge in [0.05, 0.1) is 6.54 Å². The van der Waals surface area contributed by atoms with Gasteiger partial charge in [-0.2, -0.15) is 5.21 Å². The number of nitrogens with one attached hydrogen (secondary N) is 2. The Morgan fingerprint density at radius 2 is 2.11 bits per heavy atom. The van der Waals surface area contributed by atoms with Crippen molar-refractivity contribution in [2.75, 3.05) is 6.79 Å². The summed E-state index contributed by atoms with van der Waals surface area (Å²) in [5.74, 6) is 2.17. The molecule has 0 atom stereocenters. The van der Waals surface area contributed by atoms with E-state index in [0.717, 1.165) is 21.5 Å². The number of H-pyrrole nitrogens is 1. The Kier molecular flexibility index (Phi) is 3.11. The highest BCUT2D eigenvalue weighted by molar-refractivity contribution is 9.10. The maximum absolute atomic E-state index is 5.34. The minimum atomic E-state index is 0.279. The predicted octanol–water partition coefficient (Wildman–Crippen LogP) is 0.981. The third-order valence-electron chi connectivity index (χ3n) is 2.53. The van der Waals surface area contributed by atoms with Crippen LogP contribution in [0.1, 0.15) is 11.4 Å². The fourth-order valence-corrected chi connectivity index (χ4v) is 2.12. The molecular formula is C10H10BrN5O2. The molecule has 1 aromatic heterocycles. The van der Waals surface area contributed by atoms with Crippen molar-refractivity contribution >= 4 is 15.9 Å². The molecule has 0 aliphatic carbocycles. The summed E-state index contributed by atoms with van der Waals surface area (Å²) >= 11 is 3.50. The lowest BCUT2D eigenvalue weighted by Crippen LogP contribution is -2.14. The van der Waals surface area contributed by atoms with Crippen molar-refractivity contribution in [1.29, 1.82) is 0 Å². The van der Waals surface area contributed by atoms with Crippen LogP contribution >= 0.6 is 15.9 Å². The van der Waals surface area contributed by atoms with Crippen molar-refractivity contribution in [3.05, 3.63) is 28.0 Å². The van der Waals surface area contributed by atoms with Gasteiger partial charge in [0.25, 0.3) is 0 Å². The second-order valence-corrected chi connectivity index (χ2v) is 4.58. The van der Waals surface area contributed by atoms with Crippen LogP contribution in [0.2, 0.25) is 0 Å². The van der Waals surface area contributed by atoms with E-state index in [9.17, 15) is 0 Å². The summed E-state index contributed by atoms with van der Waals surface area (Å²) in [7, 11) is 0. The number of nitrogens with zero attached hydrogens (tertiary/aromatic N) is 3. The van der Waals surface area contributed by atoms with Gasteiger partial charge < -0.3 is 14.8 Å². The quantitative estimate of drug-likeness (QED) is 0.875. The summed E-state index contributed by atoms with van der Waals surface area (Å²) < 4.78 is 11.6. The number of fused-ring (bicyclic) bond motifs is 1. The monoisotopic (exact) mass is 311 g/mol. The molecule has 1 aromatic carbocycles. The summed E-state index contributed by atoms with van der Waals surface area (Å²) in [5, 5.41) is 16.8. The molecule has 0 fully saturated rings. The maximum atomic E-state index is 5.34. The molecule has 2 N–H and O–H groups in total. The Hall–Kier alpha value is -1.67. The average molecular weight is 312 g/mol. The van der Waals surface area contributed by atoms with Crippen molar-refractivity contribution < 1.29 is 9.47 Å². The largest absolute Gasteiger partial charge is 0.454 e. The number of ether oxygens (including phenoxy) is 2. The first-order valence-corrected chi connectivity index (χ1v) is 6.13. The number of hydrogen-bond acceptors (Lipinski definition) is 6. The fraction of sp³-hybridized carbons (Fsp3) is 0.300. The SMILES string of the molecule is Brc1cc2c(cc1CNCc1nn[nH]n1)OCO2. The van der Waals surface area contributed by atoms with E-state index in [1.54, 1.807) is 0 Å². The van der Waals surface area contributed by atoms with Crippen molar-refractivity contribution in [3.63, 3.8) is 0 Å². The number of halogens is 1. The van der Waals surface area contributed by atoms with Crippen molar-refractivity contribution in [2.45, 2.75) is 13.1 Å². The van der Waals surface area contributed by atoms with Gasteiger partial charge in [0.1, 0.15) is 0 Å². The Morgan fingerprint density at radius 1 is 1.28 bits per heavy atom. The lowest BCUT2D eigenvalue weighted by atomic mass is 10.2. The number of aromatic amines is 1. The van der Waals surface area contributed by atoms with Crippen molar-refractivity contribution in [2.24, 2.45) is 0 Å². The minimum Gasteiger partial charge on any atom is -0.454 e. The Labute approximate surface area is 111 Å². The third kappa shape index (κ3) is 2.29. The van der Waals surface area contributed by atoms with Crippen LogP contribution in [0, 0.1) is 0 Å². The van der Waals surface area contributed by atoms with Crippen LogP contribution in [-0.4, -0.2) is 27.4 Å². The molecule has 18 heavy (non-hydrogen) atoms. The molecule has 7 nitrogen and oxygen atoms in total. The van der Waals surface area contributed by atoms with Gasteiger partial charge in [-0.25, -0.2) is 0 Å². The smallest absolute Gasteiger partial charge is 0.231 e. The Balaban J connectivity index is 1.66. The minimum absolute atomic E-state index is 0.279. The number of rotatable bonds is 4. The van der Waals surface area contributed by atoms with E-state index in [1.807, 2.05) is 12.1 Å². The lowest BCUT2D eigenvalue weighted by Gasteiger charge is -2.06. The first kappa shape index (κ1) is 11.4. The molecular weight excluding hydrogens is 302 g/mol. The van der Waals surface area contributed by atoms with Crippen LogP contribution in [0.25, 0.3) is 0 Å². The van der Waals surface area contributed by atoms with Crippen LogP contribution in [0.4, 0.5) is 0 Å². The van der Waals surface area contributed by atoms with Gasteiger partial charge in [0.2, 0.25) is 6.79 Å². The highest BCUT2D eigenvalue weighted by Gasteiger charge is 2.16. The van der Waals surface area contributed by atoms with E-state index >= 15 is 0 Å². The molecule has 0 amide bonds. The molecule has 0 bridgehead atoms. The topological polar surface area (TPSA) is 85.0 Å². The van der Waals surface area contributed by atoms with Gasteiger partial charge in [-0.15, -0.1) is 10.2 Å². The second-order valence-electron chi connectivity index (χ2n) is 3.73. The van der Waals surface area contributed by atoms with Gasteiger partial charge >= 0.3 is 0 Å². The van der Waals surface area contributed by atoms with Crippen LogP contribution in [0.3, 0.4) is 0 Å². The third-order valence-corrected chi connectivity index (χ3v) is 3.27. The Morgan fingerprint density at radius 3 is 2.89 bits per heavy atom.